The molecule has 2 heterocycles. The number of halogens is 3. The van der Waals surface area contributed by atoms with Gasteiger partial charge in [0.05, 0.1) is 23.2 Å². The molecule has 1 saturated carbocycles. The van der Waals surface area contributed by atoms with Crippen molar-refractivity contribution in [3.05, 3.63) is 51.3 Å². The van der Waals surface area contributed by atoms with E-state index in [9.17, 15) is 27.6 Å². The van der Waals surface area contributed by atoms with E-state index in [0.717, 1.165) is 72.4 Å². The van der Waals surface area contributed by atoms with Crippen LogP contribution < -0.4 is 10.9 Å². The predicted octanol–water partition coefficient (Wildman–Crippen LogP) is 6.58. The topological polar surface area (TPSA) is 90.3 Å². The number of thiophene rings is 1. The molecule has 0 bridgehead atoms. The van der Waals surface area contributed by atoms with E-state index in [1.807, 2.05) is 0 Å². The molecule has 1 aromatic carbocycles. The average Bonchev–Trinajstić information content (AvgIpc) is 3.31. The van der Waals surface area contributed by atoms with Gasteiger partial charge in [-0.25, -0.2) is 4.79 Å². The predicted molar refractivity (Wildman–Crippen MR) is 140 cm³/mol. The van der Waals surface area contributed by atoms with Crippen LogP contribution >= 0.6 is 11.3 Å². The van der Waals surface area contributed by atoms with Gasteiger partial charge in [-0.05, 0) is 62.8 Å². The van der Waals surface area contributed by atoms with Gasteiger partial charge >= 0.3 is 12.1 Å². The molecule has 0 radical (unpaired) electrons. The summed E-state index contributed by atoms with van der Waals surface area (Å²) in [6, 6.07) is 3.90. The normalized spacial score (nSPS) is 17.9. The number of fused-ring (bicyclic) bond motifs is 1. The van der Waals surface area contributed by atoms with Crippen molar-refractivity contribution in [2.45, 2.75) is 65.0 Å². The number of alkyl halides is 3. The molecule has 2 aromatic heterocycles. The van der Waals surface area contributed by atoms with E-state index in [0.29, 0.717) is 5.92 Å². The molecule has 0 spiro atoms. The van der Waals surface area contributed by atoms with Crippen LogP contribution in [-0.2, 0) is 15.7 Å². The van der Waals surface area contributed by atoms with Crippen molar-refractivity contribution in [2.75, 3.05) is 11.9 Å². The third kappa shape index (κ3) is 5.92. The van der Waals surface area contributed by atoms with Crippen molar-refractivity contribution in [1.82, 2.24) is 9.78 Å². The molecule has 7 nitrogen and oxygen atoms in total. The Morgan fingerprint density at radius 3 is 2.42 bits per heavy atom. The van der Waals surface area contributed by atoms with Gasteiger partial charge in [-0.2, -0.15) is 23.0 Å². The van der Waals surface area contributed by atoms with Crippen molar-refractivity contribution in [1.29, 1.82) is 0 Å². The third-order valence-electron chi connectivity index (χ3n) is 6.98. The minimum Gasteiger partial charge on any atom is -0.461 e. The largest absolute Gasteiger partial charge is 0.461 e. The summed E-state index contributed by atoms with van der Waals surface area (Å²) < 4.78 is 45.1. The molecule has 0 atom stereocenters. The van der Waals surface area contributed by atoms with Gasteiger partial charge in [-0.3, -0.25) is 9.59 Å². The highest BCUT2D eigenvalue weighted by molar-refractivity contribution is 7.16. The lowest BCUT2D eigenvalue weighted by atomic mass is 9.79. The maximum absolute atomic E-state index is 13.5. The summed E-state index contributed by atoms with van der Waals surface area (Å²) in [5, 5.41) is 9.14. The number of unbranched alkanes of at least 4 members (excludes halogenated alkanes) is 1. The minimum absolute atomic E-state index is 0.0457. The van der Waals surface area contributed by atoms with E-state index in [4.69, 9.17) is 4.74 Å². The molecule has 38 heavy (non-hydrogen) atoms. The zero-order valence-corrected chi connectivity index (χ0v) is 22.1. The van der Waals surface area contributed by atoms with Crippen LogP contribution in [0, 0.1) is 11.8 Å². The molecule has 1 aliphatic rings. The van der Waals surface area contributed by atoms with Gasteiger partial charge in [0.2, 0.25) is 5.91 Å². The van der Waals surface area contributed by atoms with Crippen LogP contribution in [0.2, 0.25) is 0 Å². The Bertz CT molecular complexity index is 1360. The summed E-state index contributed by atoms with van der Waals surface area (Å²) in [4.78, 5) is 39.3. The number of carbonyl (C=O) groups excluding carboxylic acids is 2. The molecule has 3 aromatic rings. The Morgan fingerprint density at radius 1 is 1.13 bits per heavy atom. The van der Waals surface area contributed by atoms with Crippen LogP contribution in [0.5, 0.6) is 0 Å². The van der Waals surface area contributed by atoms with Gasteiger partial charge in [-0.15, -0.1) is 11.3 Å². The van der Waals surface area contributed by atoms with Crippen molar-refractivity contribution in [3.8, 4) is 5.69 Å². The molecule has 11 heteroatoms. The van der Waals surface area contributed by atoms with Crippen molar-refractivity contribution in [3.63, 3.8) is 0 Å². The summed E-state index contributed by atoms with van der Waals surface area (Å²) in [7, 11) is 0. The molecular formula is C27H30F3N3O4S. The molecule has 204 valence electrons. The fourth-order valence-electron chi connectivity index (χ4n) is 4.88. The lowest BCUT2D eigenvalue weighted by Gasteiger charge is -2.27. The Labute approximate surface area is 222 Å². The number of ether oxygens (including phenoxy) is 1. The Kier molecular flexibility index (Phi) is 8.54. The van der Waals surface area contributed by atoms with Crippen LogP contribution in [0.15, 0.2) is 34.4 Å². The summed E-state index contributed by atoms with van der Waals surface area (Å²) in [6.07, 6.45) is 2.49. The first-order valence-corrected chi connectivity index (χ1v) is 13.7. The fourth-order valence-corrected chi connectivity index (χ4v) is 5.82. The number of carbonyl (C=O) groups is 2. The lowest BCUT2D eigenvalue weighted by molar-refractivity contribution is -0.137. The van der Waals surface area contributed by atoms with Gasteiger partial charge < -0.3 is 10.1 Å². The number of amides is 1. The summed E-state index contributed by atoms with van der Waals surface area (Å²) in [5.74, 6) is -0.499. The van der Waals surface area contributed by atoms with Gasteiger partial charge in [0.15, 0.2) is 5.69 Å². The van der Waals surface area contributed by atoms with E-state index >= 15 is 0 Å². The number of nitrogens with zero attached hydrogens (tertiary/aromatic N) is 2. The number of nitrogens with one attached hydrogen (secondary N) is 1. The molecule has 4 rings (SSSR count). The second-order valence-corrected chi connectivity index (χ2v) is 10.4. The van der Waals surface area contributed by atoms with Crippen LogP contribution in [0.1, 0.15) is 74.8 Å². The summed E-state index contributed by atoms with van der Waals surface area (Å²) in [6.45, 7) is 3.85. The number of hydrogen-bond donors (Lipinski definition) is 1. The molecule has 1 aliphatic carbocycles. The number of anilines is 1. The smallest absolute Gasteiger partial charge is 0.416 e. The Balaban J connectivity index is 1.68. The molecule has 1 N–H and O–H groups in total. The SMILES string of the molecule is CCCCC1CCC(C(=O)Nc2scc3c(C(=O)OCC)nn(-c4ccc(C(F)(F)F)cc4)c(=O)c23)CC1. The van der Waals surface area contributed by atoms with E-state index in [2.05, 4.69) is 17.3 Å². The van der Waals surface area contributed by atoms with Crippen LogP contribution in [0.25, 0.3) is 16.5 Å². The monoisotopic (exact) mass is 549 g/mol. The number of hydrogen-bond acceptors (Lipinski definition) is 6. The van der Waals surface area contributed by atoms with Crippen LogP contribution in [0.3, 0.4) is 0 Å². The van der Waals surface area contributed by atoms with Crippen molar-refractivity contribution in [2.24, 2.45) is 11.8 Å². The maximum atomic E-state index is 13.5. The Morgan fingerprint density at radius 2 is 1.82 bits per heavy atom. The molecule has 1 fully saturated rings. The standard InChI is InChI=1S/C27H30F3N3O4S/c1-3-5-6-16-7-9-17(10-8-16)23(34)31-24-21-20(15-38-24)22(26(36)37-4-2)32-33(25(21)35)19-13-11-18(12-14-19)27(28,29)30/h11-17H,3-10H2,1-2H3,(H,31,34). The summed E-state index contributed by atoms with van der Waals surface area (Å²) in [5.41, 5.74) is -1.65. The first kappa shape index (κ1) is 27.8. The molecule has 0 aliphatic heterocycles. The molecular weight excluding hydrogens is 519 g/mol. The fraction of sp³-hybridized carbons (Fsp3) is 0.481. The quantitative estimate of drug-likeness (QED) is 0.321. The van der Waals surface area contributed by atoms with Gasteiger partial charge in [0, 0.05) is 16.7 Å². The lowest BCUT2D eigenvalue weighted by Crippen LogP contribution is -2.28. The third-order valence-corrected chi connectivity index (χ3v) is 7.88. The van der Waals surface area contributed by atoms with Crippen molar-refractivity contribution >= 4 is 39.0 Å². The minimum atomic E-state index is -4.54. The van der Waals surface area contributed by atoms with Crippen molar-refractivity contribution < 1.29 is 27.5 Å². The van der Waals surface area contributed by atoms with Gasteiger partial charge in [0.25, 0.3) is 5.56 Å². The number of benzene rings is 1. The highest BCUT2D eigenvalue weighted by atomic mass is 32.1. The van der Waals surface area contributed by atoms with Crippen LogP contribution in [-0.4, -0.2) is 28.3 Å². The molecule has 0 unspecified atom stereocenters. The van der Waals surface area contributed by atoms with E-state index in [1.165, 1.54) is 12.8 Å². The zero-order valence-electron chi connectivity index (χ0n) is 21.3. The van der Waals surface area contributed by atoms with Gasteiger partial charge in [0.1, 0.15) is 5.00 Å². The second-order valence-electron chi connectivity index (χ2n) is 9.53. The summed E-state index contributed by atoms with van der Waals surface area (Å²) >= 11 is 1.10. The van der Waals surface area contributed by atoms with E-state index in [1.54, 1.807) is 12.3 Å². The number of esters is 1. The number of rotatable bonds is 8. The van der Waals surface area contributed by atoms with Crippen LogP contribution in [0.4, 0.5) is 18.2 Å². The first-order chi connectivity index (χ1) is 18.1. The number of aromatic nitrogens is 2. The highest BCUT2D eigenvalue weighted by Gasteiger charge is 2.31. The first-order valence-electron chi connectivity index (χ1n) is 12.8. The highest BCUT2D eigenvalue weighted by Crippen LogP contribution is 2.35. The van der Waals surface area contributed by atoms with E-state index in [-0.39, 0.29) is 45.6 Å². The zero-order chi connectivity index (χ0) is 27.4. The van der Waals surface area contributed by atoms with E-state index < -0.39 is 23.3 Å². The molecule has 0 saturated heterocycles. The Hall–Kier alpha value is -3.21. The second kappa shape index (κ2) is 11.7. The average molecular weight is 550 g/mol. The maximum Gasteiger partial charge on any atom is 0.416 e. The molecule has 1 amide bonds. The van der Waals surface area contributed by atoms with Gasteiger partial charge in [-0.1, -0.05) is 26.2 Å².